The third-order valence-corrected chi connectivity index (χ3v) is 5.23. The Labute approximate surface area is 132 Å². The van der Waals surface area contributed by atoms with Crippen molar-refractivity contribution in [1.29, 1.82) is 0 Å². The molecule has 1 aromatic carbocycles. The van der Waals surface area contributed by atoms with E-state index < -0.39 is 0 Å². The molecule has 0 radical (unpaired) electrons. The summed E-state index contributed by atoms with van der Waals surface area (Å²) < 4.78 is 0. The summed E-state index contributed by atoms with van der Waals surface area (Å²) in [4.78, 5) is 3.66. The van der Waals surface area contributed by atoms with Gasteiger partial charge in [0.1, 0.15) is 0 Å². The predicted molar refractivity (Wildman–Crippen MR) is 94.2 cm³/mol. The van der Waals surface area contributed by atoms with Gasteiger partial charge in [-0.15, -0.1) is 0 Å². The van der Waals surface area contributed by atoms with E-state index in [-0.39, 0.29) is 0 Å². The number of aryl methyl sites for hydroxylation is 1. The molecule has 0 spiro atoms. The molecule has 1 aliphatic rings. The van der Waals surface area contributed by atoms with Gasteiger partial charge in [-0.3, -0.25) is 0 Å². The first-order valence-corrected chi connectivity index (χ1v) is 9.61. The molecule has 0 fully saturated rings. The maximum absolute atomic E-state index is 3.78. The average molecular weight is 302 g/mol. The van der Waals surface area contributed by atoms with Crippen LogP contribution in [0.3, 0.4) is 0 Å². The van der Waals surface area contributed by atoms with E-state index >= 15 is 0 Å². The summed E-state index contributed by atoms with van der Waals surface area (Å²) in [6.45, 7) is 1.15. The van der Waals surface area contributed by atoms with Crippen molar-refractivity contribution in [3.63, 3.8) is 0 Å². The normalized spacial score (nSPS) is 18.0. The Morgan fingerprint density at radius 1 is 1.24 bits per heavy atom. The Morgan fingerprint density at radius 2 is 2.14 bits per heavy atom. The van der Waals surface area contributed by atoms with Crippen molar-refractivity contribution < 1.29 is 0 Å². The van der Waals surface area contributed by atoms with Gasteiger partial charge in [0.2, 0.25) is 0 Å². The number of fused-ring (bicyclic) bond motifs is 3. The van der Waals surface area contributed by atoms with Crippen molar-refractivity contribution in [3.05, 3.63) is 35.5 Å². The zero-order valence-corrected chi connectivity index (χ0v) is 13.8. The van der Waals surface area contributed by atoms with Crippen LogP contribution in [0.4, 0.5) is 0 Å². The number of H-pyrrole nitrogens is 1. The molecule has 21 heavy (non-hydrogen) atoms. The van der Waals surface area contributed by atoms with Crippen LogP contribution in [0.5, 0.6) is 0 Å². The standard InChI is InChI=1S/C18H26N2S/c1-21-13-6-2-5-12-19-17-11-7-9-15-14-8-3-4-10-16(14)20-18(15)17/h3-4,8,10,17,19-20H,2,5-7,9,11-13H2,1H3. The van der Waals surface area contributed by atoms with E-state index in [1.54, 1.807) is 5.56 Å². The van der Waals surface area contributed by atoms with E-state index in [0.29, 0.717) is 6.04 Å². The van der Waals surface area contributed by atoms with E-state index in [0.717, 1.165) is 6.54 Å². The van der Waals surface area contributed by atoms with Crippen molar-refractivity contribution in [2.75, 3.05) is 18.6 Å². The summed E-state index contributed by atoms with van der Waals surface area (Å²) in [6, 6.07) is 9.27. The van der Waals surface area contributed by atoms with E-state index in [2.05, 4.69) is 40.8 Å². The minimum absolute atomic E-state index is 0.529. The van der Waals surface area contributed by atoms with Gasteiger partial charge in [0.05, 0.1) is 0 Å². The second kappa shape index (κ2) is 7.37. The molecule has 1 aliphatic carbocycles. The number of para-hydroxylation sites is 1. The number of hydrogen-bond donors (Lipinski definition) is 2. The lowest BCUT2D eigenvalue weighted by Gasteiger charge is -2.24. The number of thioether (sulfide) groups is 1. The van der Waals surface area contributed by atoms with Crippen molar-refractivity contribution in [2.24, 2.45) is 0 Å². The van der Waals surface area contributed by atoms with Gasteiger partial charge >= 0.3 is 0 Å². The van der Waals surface area contributed by atoms with Crippen LogP contribution in [0.1, 0.15) is 49.4 Å². The van der Waals surface area contributed by atoms with Crippen molar-refractivity contribution in [1.82, 2.24) is 10.3 Å². The molecule has 1 unspecified atom stereocenters. The summed E-state index contributed by atoms with van der Waals surface area (Å²) in [5, 5.41) is 5.21. The molecule has 1 heterocycles. The highest BCUT2D eigenvalue weighted by Gasteiger charge is 2.23. The molecule has 1 aromatic heterocycles. The fraction of sp³-hybridized carbons (Fsp3) is 0.556. The van der Waals surface area contributed by atoms with Gasteiger partial charge in [0.25, 0.3) is 0 Å². The molecule has 0 amide bonds. The summed E-state index contributed by atoms with van der Waals surface area (Å²) in [6.07, 6.45) is 9.99. The summed E-state index contributed by atoms with van der Waals surface area (Å²) in [5.74, 6) is 1.30. The minimum atomic E-state index is 0.529. The summed E-state index contributed by atoms with van der Waals surface area (Å²) >= 11 is 1.96. The molecule has 0 saturated heterocycles. The fourth-order valence-electron chi connectivity index (χ4n) is 3.44. The molecule has 2 nitrogen and oxygen atoms in total. The first-order chi connectivity index (χ1) is 10.4. The highest BCUT2D eigenvalue weighted by molar-refractivity contribution is 7.98. The summed E-state index contributed by atoms with van der Waals surface area (Å²) in [5.41, 5.74) is 4.31. The second-order valence-corrected chi connectivity index (χ2v) is 7.00. The predicted octanol–water partition coefficient (Wildman–Crippen LogP) is 4.67. The summed E-state index contributed by atoms with van der Waals surface area (Å²) in [7, 11) is 0. The van der Waals surface area contributed by atoms with Gasteiger partial charge in [-0.1, -0.05) is 24.6 Å². The third kappa shape index (κ3) is 3.46. The first-order valence-electron chi connectivity index (χ1n) is 8.22. The second-order valence-electron chi connectivity index (χ2n) is 6.02. The number of hydrogen-bond acceptors (Lipinski definition) is 2. The molecule has 3 rings (SSSR count). The highest BCUT2D eigenvalue weighted by atomic mass is 32.2. The zero-order valence-electron chi connectivity index (χ0n) is 13.0. The molecular weight excluding hydrogens is 276 g/mol. The fourth-order valence-corrected chi connectivity index (χ4v) is 3.94. The van der Waals surface area contributed by atoms with Crippen LogP contribution >= 0.6 is 11.8 Å². The quantitative estimate of drug-likeness (QED) is 0.728. The van der Waals surface area contributed by atoms with Crippen molar-refractivity contribution >= 4 is 22.7 Å². The van der Waals surface area contributed by atoms with E-state index in [1.807, 2.05) is 11.8 Å². The van der Waals surface area contributed by atoms with Crippen LogP contribution in [0.15, 0.2) is 24.3 Å². The van der Waals surface area contributed by atoms with Crippen LogP contribution in [-0.2, 0) is 6.42 Å². The SMILES string of the molecule is CSCCCCCNC1CCCc2c1[nH]c1ccccc21. The van der Waals surface area contributed by atoms with Crippen LogP contribution in [-0.4, -0.2) is 23.5 Å². The van der Waals surface area contributed by atoms with Gasteiger partial charge in [-0.2, -0.15) is 11.8 Å². The molecule has 1 atom stereocenters. The minimum Gasteiger partial charge on any atom is -0.357 e. The molecule has 0 bridgehead atoms. The monoisotopic (exact) mass is 302 g/mol. The Hall–Kier alpha value is -0.930. The van der Waals surface area contributed by atoms with Crippen molar-refractivity contribution in [2.45, 2.75) is 44.6 Å². The Kier molecular flexibility index (Phi) is 5.26. The molecule has 114 valence electrons. The lowest BCUT2D eigenvalue weighted by Crippen LogP contribution is -2.26. The zero-order chi connectivity index (χ0) is 14.5. The molecule has 3 heteroatoms. The Morgan fingerprint density at radius 3 is 3.05 bits per heavy atom. The smallest absolute Gasteiger partial charge is 0.0476 e. The number of benzene rings is 1. The van der Waals surface area contributed by atoms with Crippen LogP contribution in [0.2, 0.25) is 0 Å². The van der Waals surface area contributed by atoms with Gasteiger partial charge in [-0.05, 0) is 62.3 Å². The van der Waals surface area contributed by atoms with Gasteiger partial charge < -0.3 is 10.3 Å². The highest BCUT2D eigenvalue weighted by Crippen LogP contribution is 2.34. The van der Waals surface area contributed by atoms with E-state index in [9.17, 15) is 0 Å². The number of aromatic nitrogens is 1. The van der Waals surface area contributed by atoms with Crippen molar-refractivity contribution in [3.8, 4) is 0 Å². The largest absolute Gasteiger partial charge is 0.357 e. The maximum atomic E-state index is 3.78. The lowest BCUT2D eigenvalue weighted by molar-refractivity contribution is 0.445. The first kappa shape index (κ1) is 15.0. The van der Waals surface area contributed by atoms with E-state index in [4.69, 9.17) is 0 Å². The van der Waals surface area contributed by atoms with E-state index in [1.165, 1.54) is 60.9 Å². The topological polar surface area (TPSA) is 27.8 Å². The molecular formula is C18H26N2S. The number of unbranched alkanes of at least 4 members (excludes halogenated alkanes) is 2. The van der Waals surface area contributed by atoms with Gasteiger partial charge in [-0.25, -0.2) is 0 Å². The number of aromatic amines is 1. The molecule has 0 saturated carbocycles. The Bertz CT molecular complexity index is 576. The Balaban J connectivity index is 1.61. The molecule has 0 aliphatic heterocycles. The van der Waals surface area contributed by atoms with Gasteiger partial charge in [0.15, 0.2) is 0 Å². The lowest BCUT2D eigenvalue weighted by atomic mass is 9.91. The van der Waals surface area contributed by atoms with Gasteiger partial charge in [0, 0.05) is 22.6 Å². The molecule has 2 N–H and O–H groups in total. The number of rotatable bonds is 7. The van der Waals surface area contributed by atoms with Crippen LogP contribution in [0, 0.1) is 0 Å². The average Bonchev–Trinajstić information content (AvgIpc) is 2.90. The van der Waals surface area contributed by atoms with Crippen LogP contribution < -0.4 is 5.32 Å². The maximum Gasteiger partial charge on any atom is 0.0476 e. The number of nitrogens with one attached hydrogen (secondary N) is 2. The van der Waals surface area contributed by atoms with Crippen LogP contribution in [0.25, 0.3) is 10.9 Å². The third-order valence-electron chi connectivity index (χ3n) is 4.53. The molecule has 2 aromatic rings.